The first-order valence-electron chi connectivity index (χ1n) is 5.06. The Morgan fingerprint density at radius 3 is 2.07 bits per heavy atom. The van der Waals surface area contributed by atoms with Crippen molar-refractivity contribution in [2.75, 3.05) is 0 Å². The van der Waals surface area contributed by atoms with E-state index < -0.39 is 11.4 Å². The topological polar surface area (TPSA) is 37.3 Å². The van der Waals surface area contributed by atoms with Crippen LogP contribution in [0.1, 0.15) is 32.3 Å². The molecule has 0 aliphatic carbocycles. The van der Waals surface area contributed by atoms with Gasteiger partial charge >= 0.3 is 5.97 Å². The molecule has 1 aromatic carbocycles. The number of carbonyl (C=O) groups is 1. The van der Waals surface area contributed by atoms with Crippen molar-refractivity contribution < 1.29 is 9.90 Å². The molecule has 0 atom stereocenters. The smallest absolute Gasteiger partial charge is 0.314 e. The molecule has 0 fully saturated rings. The van der Waals surface area contributed by atoms with Crippen molar-refractivity contribution in [1.29, 1.82) is 0 Å². The Balaban J connectivity index is 3.20. The third-order valence-electron chi connectivity index (χ3n) is 3.01. The van der Waals surface area contributed by atoms with Gasteiger partial charge in [-0.3, -0.25) is 4.79 Å². The Morgan fingerprint density at radius 1 is 1.27 bits per heavy atom. The molecule has 15 heavy (non-hydrogen) atoms. The van der Waals surface area contributed by atoms with Crippen LogP contribution < -0.4 is 0 Å². The number of aliphatic carboxylic acids is 1. The maximum Gasteiger partial charge on any atom is 0.314 e. The van der Waals surface area contributed by atoms with Crippen LogP contribution in [0.5, 0.6) is 0 Å². The van der Waals surface area contributed by atoms with E-state index in [4.69, 9.17) is 11.6 Å². The maximum absolute atomic E-state index is 11.3. The van der Waals surface area contributed by atoms with E-state index in [2.05, 4.69) is 0 Å². The van der Waals surface area contributed by atoms with Gasteiger partial charge in [-0.15, -0.1) is 0 Å². The largest absolute Gasteiger partial charge is 0.481 e. The number of hydrogen-bond donors (Lipinski definition) is 1. The molecule has 0 unspecified atom stereocenters. The summed E-state index contributed by atoms with van der Waals surface area (Å²) in [5.74, 6) is -0.769. The number of carboxylic acid groups (broad SMARTS) is 1. The Bertz CT molecular complexity index is 339. The molecule has 0 spiro atoms. The van der Waals surface area contributed by atoms with Crippen LogP contribution in [0.4, 0.5) is 0 Å². The summed E-state index contributed by atoms with van der Waals surface area (Å²) in [6, 6.07) is 7.06. The van der Waals surface area contributed by atoms with Crippen LogP contribution in [0.2, 0.25) is 5.02 Å². The monoisotopic (exact) mass is 226 g/mol. The molecule has 0 saturated carbocycles. The standard InChI is InChI=1S/C12H15ClO2/c1-3-12(4-2,11(14)15)9-5-7-10(13)8-6-9/h5-8H,3-4H2,1-2H3,(H,14,15). The molecule has 0 aliphatic rings. The molecule has 3 heteroatoms. The fraction of sp³-hybridized carbons (Fsp3) is 0.417. The highest BCUT2D eigenvalue weighted by Gasteiger charge is 2.36. The van der Waals surface area contributed by atoms with Gasteiger partial charge in [0.2, 0.25) is 0 Å². The number of carboxylic acids is 1. The summed E-state index contributed by atoms with van der Waals surface area (Å²) in [7, 11) is 0. The van der Waals surface area contributed by atoms with E-state index in [0.29, 0.717) is 17.9 Å². The minimum absolute atomic E-state index is 0.584. The molecule has 0 aliphatic heterocycles. The Labute approximate surface area is 94.9 Å². The molecule has 0 bridgehead atoms. The van der Waals surface area contributed by atoms with Crippen molar-refractivity contribution in [3.05, 3.63) is 34.9 Å². The number of halogens is 1. The lowest BCUT2D eigenvalue weighted by molar-refractivity contribution is -0.144. The predicted molar refractivity (Wildman–Crippen MR) is 61.3 cm³/mol. The summed E-state index contributed by atoms with van der Waals surface area (Å²) in [5.41, 5.74) is 0.0503. The lowest BCUT2D eigenvalue weighted by atomic mass is 9.76. The van der Waals surface area contributed by atoms with Gasteiger partial charge in [0.15, 0.2) is 0 Å². The van der Waals surface area contributed by atoms with Gasteiger partial charge < -0.3 is 5.11 Å². The highest BCUT2D eigenvalue weighted by atomic mass is 35.5. The molecule has 1 N–H and O–H groups in total. The maximum atomic E-state index is 11.3. The van der Waals surface area contributed by atoms with Crippen molar-refractivity contribution in [2.24, 2.45) is 0 Å². The second kappa shape index (κ2) is 4.67. The van der Waals surface area contributed by atoms with E-state index in [1.165, 1.54) is 0 Å². The highest BCUT2D eigenvalue weighted by molar-refractivity contribution is 6.30. The van der Waals surface area contributed by atoms with Crippen LogP contribution in [-0.2, 0) is 10.2 Å². The lowest BCUT2D eigenvalue weighted by Crippen LogP contribution is -2.34. The van der Waals surface area contributed by atoms with Gasteiger partial charge in [-0.2, -0.15) is 0 Å². The van der Waals surface area contributed by atoms with Gasteiger partial charge in [0.1, 0.15) is 0 Å². The first kappa shape index (κ1) is 12.1. The van der Waals surface area contributed by atoms with Crippen molar-refractivity contribution in [1.82, 2.24) is 0 Å². The second-order valence-corrected chi connectivity index (χ2v) is 4.04. The number of benzene rings is 1. The fourth-order valence-electron chi connectivity index (χ4n) is 1.85. The van der Waals surface area contributed by atoms with Crippen molar-refractivity contribution >= 4 is 17.6 Å². The normalized spacial score (nSPS) is 11.4. The number of rotatable bonds is 4. The van der Waals surface area contributed by atoms with Gasteiger partial charge in [-0.05, 0) is 30.5 Å². The molecule has 2 nitrogen and oxygen atoms in total. The van der Waals surface area contributed by atoms with E-state index >= 15 is 0 Å². The third-order valence-corrected chi connectivity index (χ3v) is 3.27. The molecule has 0 aromatic heterocycles. The minimum Gasteiger partial charge on any atom is -0.481 e. The van der Waals surface area contributed by atoms with Crippen molar-refractivity contribution in [3.63, 3.8) is 0 Å². The molecule has 0 amide bonds. The summed E-state index contributed by atoms with van der Waals surface area (Å²) < 4.78 is 0. The van der Waals surface area contributed by atoms with Crippen LogP contribution in [-0.4, -0.2) is 11.1 Å². The molecule has 0 saturated heterocycles. The van der Waals surface area contributed by atoms with Crippen molar-refractivity contribution in [3.8, 4) is 0 Å². The van der Waals surface area contributed by atoms with Crippen LogP contribution in [0, 0.1) is 0 Å². The molecule has 0 heterocycles. The zero-order chi connectivity index (χ0) is 11.5. The molecular formula is C12H15ClO2. The summed E-state index contributed by atoms with van der Waals surface area (Å²) in [6.07, 6.45) is 1.17. The van der Waals surface area contributed by atoms with Gasteiger partial charge in [-0.1, -0.05) is 37.6 Å². The van der Waals surface area contributed by atoms with Gasteiger partial charge in [-0.25, -0.2) is 0 Å². The molecule has 1 aromatic rings. The summed E-state index contributed by atoms with van der Waals surface area (Å²) in [4.78, 5) is 11.3. The third kappa shape index (κ3) is 2.15. The van der Waals surface area contributed by atoms with E-state index in [9.17, 15) is 9.90 Å². The Kier molecular flexibility index (Phi) is 3.75. The van der Waals surface area contributed by atoms with Crippen LogP contribution in [0.25, 0.3) is 0 Å². The molecule has 0 radical (unpaired) electrons. The molecule has 82 valence electrons. The van der Waals surface area contributed by atoms with E-state index in [-0.39, 0.29) is 0 Å². The Hall–Kier alpha value is -1.02. The van der Waals surface area contributed by atoms with Crippen LogP contribution in [0.15, 0.2) is 24.3 Å². The Morgan fingerprint density at radius 2 is 1.73 bits per heavy atom. The fourth-order valence-corrected chi connectivity index (χ4v) is 1.98. The van der Waals surface area contributed by atoms with Crippen LogP contribution in [0.3, 0.4) is 0 Å². The summed E-state index contributed by atoms with van der Waals surface area (Å²) in [5, 5.41) is 9.94. The average molecular weight is 227 g/mol. The van der Waals surface area contributed by atoms with Crippen molar-refractivity contribution in [2.45, 2.75) is 32.1 Å². The highest BCUT2D eigenvalue weighted by Crippen LogP contribution is 2.32. The van der Waals surface area contributed by atoms with E-state index in [1.54, 1.807) is 24.3 Å². The first-order chi connectivity index (χ1) is 7.06. The summed E-state index contributed by atoms with van der Waals surface area (Å²) >= 11 is 5.78. The molecule has 1 rings (SSSR count). The van der Waals surface area contributed by atoms with Gasteiger partial charge in [0.05, 0.1) is 5.41 Å². The van der Waals surface area contributed by atoms with Gasteiger partial charge in [0.25, 0.3) is 0 Å². The lowest BCUT2D eigenvalue weighted by Gasteiger charge is -2.27. The summed E-state index contributed by atoms with van der Waals surface area (Å²) in [6.45, 7) is 3.79. The number of hydrogen-bond acceptors (Lipinski definition) is 1. The first-order valence-corrected chi connectivity index (χ1v) is 5.44. The second-order valence-electron chi connectivity index (χ2n) is 3.60. The van der Waals surface area contributed by atoms with E-state index in [1.807, 2.05) is 13.8 Å². The van der Waals surface area contributed by atoms with Gasteiger partial charge in [0, 0.05) is 5.02 Å². The quantitative estimate of drug-likeness (QED) is 0.854. The zero-order valence-corrected chi connectivity index (χ0v) is 9.71. The SMILES string of the molecule is CCC(CC)(C(=O)O)c1ccc(Cl)cc1. The minimum atomic E-state index is -0.773. The van der Waals surface area contributed by atoms with E-state index in [0.717, 1.165) is 5.56 Å². The average Bonchev–Trinajstić information content (AvgIpc) is 2.22. The zero-order valence-electron chi connectivity index (χ0n) is 8.96. The molecular weight excluding hydrogens is 212 g/mol. The predicted octanol–water partition coefficient (Wildman–Crippen LogP) is 3.48. The van der Waals surface area contributed by atoms with Crippen LogP contribution >= 0.6 is 11.6 Å².